The summed E-state index contributed by atoms with van der Waals surface area (Å²) >= 11 is 1.45. The van der Waals surface area contributed by atoms with Crippen LogP contribution >= 0.6 is 11.3 Å². The molecule has 1 aliphatic rings. The molecular weight excluding hydrogens is 327 g/mol. The van der Waals surface area contributed by atoms with Gasteiger partial charge < -0.3 is 5.32 Å². The molecule has 2 aromatic heterocycles. The van der Waals surface area contributed by atoms with Crippen molar-refractivity contribution in [3.63, 3.8) is 0 Å². The average molecular weight is 344 g/mol. The van der Waals surface area contributed by atoms with Gasteiger partial charge >= 0.3 is 0 Å². The normalized spacial score (nSPS) is 19.0. The van der Waals surface area contributed by atoms with Crippen LogP contribution in [0.5, 0.6) is 0 Å². The second-order valence-corrected chi connectivity index (χ2v) is 6.76. The summed E-state index contributed by atoms with van der Waals surface area (Å²) in [6, 6.07) is 8.37. The van der Waals surface area contributed by atoms with Gasteiger partial charge in [0.05, 0.1) is 5.69 Å². The SMILES string of the molecule is O=c1cc(CN2CCNCC2c2cccc(F)c2)nc2sccn12. The zero-order valence-electron chi connectivity index (χ0n) is 13.0. The molecule has 3 aromatic rings. The van der Waals surface area contributed by atoms with Gasteiger partial charge in [-0.15, -0.1) is 11.3 Å². The van der Waals surface area contributed by atoms with Crippen LogP contribution in [0.4, 0.5) is 4.39 Å². The van der Waals surface area contributed by atoms with Crippen molar-refractivity contribution in [2.45, 2.75) is 12.6 Å². The predicted octanol–water partition coefficient (Wildman–Crippen LogP) is 2.04. The first-order chi connectivity index (χ1) is 11.7. The molecule has 1 atom stereocenters. The van der Waals surface area contributed by atoms with Gasteiger partial charge in [-0.3, -0.25) is 14.1 Å². The van der Waals surface area contributed by atoms with Crippen LogP contribution in [0.3, 0.4) is 0 Å². The highest BCUT2D eigenvalue weighted by Crippen LogP contribution is 2.24. The lowest BCUT2D eigenvalue weighted by molar-refractivity contribution is 0.151. The number of aromatic nitrogens is 2. The number of hydrogen-bond acceptors (Lipinski definition) is 5. The molecular formula is C17H17FN4OS. The molecule has 4 rings (SSSR count). The van der Waals surface area contributed by atoms with Crippen molar-refractivity contribution in [2.75, 3.05) is 19.6 Å². The molecule has 1 fully saturated rings. The Hall–Kier alpha value is -2.09. The van der Waals surface area contributed by atoms with Crippen molar-refractivity contribution in [1.82, 2.24) is 19.6 Å². The van der Waals surface area contributed by atoms with E-state index in [4.69, 9.17) is 0 Å². The number of halogens is 1. The van der Waals surface area contributed by atoms with Gasteiger partial charge in [0.1, 0.15) is 5.82 Å². The van der Waals surface area contributed by atoms with Crippen LogP contribution in [0.15, 0.2) is 46.7 Å². The van der Waals surface area contributed by atoms with Gasteiger partial charge in [-0.2, -0.15) is 0 Å². The molecule has 0 spiro atoms. The highest BCUT2D eigenvalue weighted by atomic mass is 32.1. The molecule has 0 bridgehead atoms. The zero-order valence-corrected chi connectivity index (χ0v) is 13.8. The molecule has 1 aromatic carbocycles. The van der Waals surface area contributed by atoms with Crippen LogP contribution in [-0.4, -0.2) is 33.9 Å². The largest absolute Gasteiger partial charge is 0.314 e. The van der Waals surface area contributed by atoms with Crippen LogP contribution < -0.4 is 10.9 Å². The summed E-state index contributed by atoms with van der Waals surface area (Å²) in [5.41, 5.74) is 1.63. The van der Waals surface area contributed by atoms with Crippen molar-refractivity contribution in [3.05, 3.63) is 69.3 Å². The topological polar surface area (TPSA) is 49.6 Å². The van der Waals surface area contributed by atoms with Crippen molar-refractivity contribution in [3.8, 4) is 0 Å². The number of thiazole rings is 1. The average Bonchev–Trinajstić information content (AvgIpc) is 3.04. The summed E-state index contributed by atoms with van der Waals surface area (Å²) in [7, 11) is 0. The summed E-state index contributed by atoms with van der Waals surface area (Å²) in [5.74, 6) is -0.227. The van der Waals surface area contributed by atoms with Gasteiger partial charge in [-0.05, 0) is 17.7 Å². The van der Waals surface area contributed by atoms with Crippen molar-refractivity contribution < 1.29 is 4.39 Å². The van der Waals surface area contributed by atoms with E-state index in [1.54, 1.807) is 28.8 Å². The van der Waals surface area contributed by atoms with E-state index in [2.05, 4.69) is 15.2 Å². The first-order valence-electron chi connectivity index (χ1n) is 7.87. The van der Waals surface area contributed by atoms with E-state index in [0.29, 0.717) is 11.5 Å². The first kappa shape index (κ1) is 15.4. The summed E-state index contributed by atoms with van der Waals surface area (Å²) in [5, 5.41) is 5.21. The van der Waals surface area contributed by atoms with Crippen LogP contribution in [0, 0.1) is 5.82 Å². The smallest absolute Gasteiger partial charge is 0.258 e. The summed E-state index contributed by atoms with van der Waals surface area (Å²) in [6.07, 6.45) is 1.74. The summed E-state index contributed by atoms with van der Waals surface area (Å²) in [4.78, 5) is 19.7. The summed E-state index contributed by atoms with van der Waals surface area (Å²) in [6.45, 7) is 3.02. The molecule has 3 heterocycles. The molecule has 1 unspecified atom stereocenters. The fraction of sp³-hybridized carbons (Fsp3) is 0.294. The number of hydrogen-bond donors (Lipinski definition) is 1. The van der Waals surface area contributed by atoms with Gasteiger partial charge in [0.15, 0.2) is 4.96 Å². The van der Waals surface area contributed by atoms with Gasteiger partial charge in [0.25, 0.3) is 5.56 Å². The minimum atomic E-state index is -0.227. The Labute approximate surface area is 142 Å². The van der Waals surface area contributed by atoms with Gasteiger partial charge in [0, 0.05) is 49.9 Å². The van der Waals surface area contributed by atoms with E-state index >= 15 is 0 Å². The third-order valence-corrected chi connectivity index (χ3v) is 5.07. The molecule has 0 amide bonds. The number of nitrogens with one attached hydrogen (secondary N) is 1. The Morgan fingerprint density at radius 3 is 3.17 bits per heavy atom. The van der Waals surface area contributed by atoms with Crippen LogP contribution in [0.25, 0.3) is 4.96 Å². The monoisotopic (exact) mass is 344 g/mol. The van der Waals surface area contributed by atoms with Crippen LogP contribution in [0.2, 0.25) is 0 Å². The molecule has 1 aliphatic heterocycles. The molecule has 5 nitrogen and oxygen atoms in total. The van der Waals surface area contributed by atoms with Gasteiger partial charge in [-0.25, -0.2) is 9.37 Å². The van der Waals surface area contributed by atoms with Gasteiger partial charge in [0.2, 0.25) is 0 Å². The Kier molecular flexibility index (Phi) is 4.13. The highest BCUT2D eigenvalue weighted by Gasteiger charge is 2.24. The van der Waals surface area contributed by atoms with E-state index < -0.39 is 0 Å². The number of piperazine rings is 1. The maximum absolute atomic E-state index is 13.6. The Morgan fingerprint density at radius 2 is 2.29 bits per heavy atom. The van der Waals surface area contributed by atoms with Crippen molar-refractivity contribution in [1.29, 1.82) is 0 Å². The maximum Gasteiger partial charge on any atom is 0.258 e. The molecule has 24 heavy (non-hydrogen) atoms. The first-order valence-corrected chi connectivity index (χ1v) is 8.75. The molecule has 1 N–H and O–H groups in total. The lowest BCUT2D eigenvalue weighted by Gasteiger charge is -2.36. The van der Waals surface area contributed by atoms with E-state index in [-0.39, 0.29) is 17.4 Å². The van der Waals surface area contributed by atoms with Gasteiger partial charge in [-0.1, -0.05) is 12.1 Å². The molecule has 0 aliphatic carbocycles. The maximum atomic E-state index is 13.6. The second-order valence-electron chi connectivity index (χ2n) is 5.89. The van der Waals surface area contributed by atoms with Crippen LogP contribution in [0.1, 0.15) is 17.3 Å². The molecule has 124 valence electrons. The Balaban J connectivity index is 1.64. The minimum absolute atomic E-state index is 0.0614. The second kappa shape index (κ2) is 6.43. The third-order valence-electron chi connectivity index (χ3n) is 4.31. The Morgan fingerprint density at radius 1 is 1.38 bits per heavy atom. The number of benzene rings is 1. The van der Waals surface area contributed by atoms with Crippen molar-refractivity contribution >= 4 is 16.3 Å². The molecule has 0 radical (unpaired) electrons. The number of fused-ring (bicyclic) bond motifs is 1. The summed E-state index contributed by atoms with van der Waals surface area (Å²) < 4.78 is 15.1. The molecule has 0 saturated carbocycles. The molecule has 7 heteroatoms. The lowest BCUT2D eigenvalue weighted by atomic mass is 10.0. The zero-order chi connectivity index (χ0) is 16.5. The highest BCUT2D eigenvalue weighted by molar-refractivity contribution is 7.15. The van der Waals surface area contributed by atoms with Crippen LogP contribution in [-0.2, 0) is 6.54 Å². The molecule has 1 saturated heterocycles. The number of rotatable bonds is 3. The standard InChI is InChI=1S/C17H17FN4OS/c18-13-3-1-2-12(8-13)15-10-19-4-5-21(15)11-14-9-16(23)22-6-7-24-17(22)20-14/h1-3,6-9,15,19H,4-5,10-11H2. The van der Waals surface area contributed by atoms with E-state index in [1.807, 2.05) is 11.4 Å². The fourth-order valence-corrected chi connectivity index (χ4v) is 3.89. The quantitative estimate of drug-likeness (QED) is 0.790. The van der Waals surface area contributed by atoms with Crippen molar-refractivity contribution in [2.24, 2.45) is 0 Å². The fourth-order valence-electron chi connectivity index (χ4n) is 3.16. The lowest BCUT2D eigenvalue weighted by Crippen LogP contribution is -2.45. The van der Waals surface area contributed by atoms with E-state index in [0.717, 1.165) is 30.9 Å². The van der Waals surface area contributed by atoms with E-state index in [9.17, 15) is 9.18 Å². The minimum Gasteiger partial charge on any atom is -0.314 e. The van der Waals surface area contributed by atoms with E-state index in [1.165, 1.54) is 17.4 Å². The number of nitrogens with zero attached hydrogens (tertiary/aromatic N) is 3. The third kappa shape index (κ3) is 2.98. The Bertz CT molecular complexity index is 922. The predicted molar refractivity (Wildman–Crippen MR) is 91.8 cm³/mol.